The van der Waals surface area contributed by atoms with Gasteiger partial charge in [-0.3, -0.25) is 9.59 Å². The van der Waals surface area contributed by atoms with Crippen LogP contribution in [0.15, 0.2) is 0 Å². The average molecular weight is 297 g/mol. The fourth-order valence-electron chi connectivity index (χ4n) is 3.29. The van der Waals surface area contributed by atoms with Crippen LogP contribution < -0.4 is 10.6 Å². The van der Waals surface area contributed by atoms with Crippen molar-refractivity contribution >= 4 is 17.9 Å². The lowest BCUT2D eigenvalue weighted by Gasteiger charge is -2.41. The molecule has 1 aliphatic heterocycles. The van der Waals surface area contributed by atoms with Crippen LogP contribution in [0.25, 0.3) is 0 Å². The number of piperidine rings is 1. The van der Waals surface area contributed by atoms with E-state index in [4.69, 9.17) is 5.11 Å². The van der Waals surface area contributed by atoms with Gasteiger partial charge in [-0.15, -0.1) is 0 Å². The first kappa shape index (κ1) is 15.6. The molecule has 0 bridgehead atoms. The van der Waals surface area contributed by atoms with E-state index in [1.54, 1.807) is 4.90 Å². The Labute approximate surface area is 124 Å². The largest absolute Gasteiger partial charge is 0.480 e. The Kier molecular flexibility index (Phi) is 5.41. The molecule has 1 heterocycles. The number of fused-ring (bicyclic) bond motifs is 1. The summed E-state index contributed by atoms with van der Waals surface area (Å²) in [4.78, 5) is 35.5. The summed E-state index contributed by atoms with van der Waals surface area (Å²) >= 11 is 0. The molecule has 1 saturated carbocycles. The van der Waals surface area contributed by atoms with Gasteiger partial charge in [0.15, 0.2) is 0 Å². The summed E-state index contributed by atoms with van der Waals surface area (Å²) in [5.74, 6) is -0.242. The van der Waals surface area contributed by atoms with Gasteiger partial charge >= 0.3 is 12.0 Å². The predicted molar refractivity (Wildman–Crippen MR) is 75.7 cm³/mol. The number of carbonyl (C=O) groups excluding carboxylic acids is 2. The molecule has 1 saturated heterocycles. The standard InChI is InChI=1S/C14H23N3O4/c18-12(15-8-13(19)20)7-16-14(21)17-6-5-10-3-1-2-4-11(10)9-17/h10-11H,1-9H2,(H,15,18)(H,16,21)(H,19,20). The second-order valence-corrected chi connectivity index (χ2v) is 5.87. The zero-order chi connectivity index (χ0) is 15.2. The van der Waals surface area contributed by atoms with Gasteiger partial charge in [-0.05, 0) is 24.7 Å². The minimum atomic E-state index is -1.10. The smallest absolute Gasteiger partial charge is 0.322 e. The molecule has 1 aliphatic carbocycles. The lowest BCUT2D eigenvalue weighted by molar-refractivity contribution is -0.137. The van der Waals surface area contributed by atoms with Gasteiger partial charge < -0.3 is 20.6 Å². The summed E-state index contributed by atoms with van der Waals surface area (Å²) in [6.45, 7) is 0.899. The number of carboxylic acid groups (broad SMARTS) is 1. The zero-order valence-electron chi connectivity index (χ0n) is 12.1. The topological polar surface area (TPSA) is 98.7 Å². The third-order valence-electron chi connectivity index (χ3n) is 4.42. The van der Waals surface area contributed by atoms with Crippen LogP contribution in [0.4, 0.5) is 4.79 Å². The summed E-state index contributed by atoms with van der Waals surface area (Å²) in [7, 11) is 0. The molecule has 3 N–H and O–H groups in total. The van der Waals surface area contributed by atoms with Gasteiger partial charge in [-0.1, -0.05) is 19.3 Å². The molecule has 2 unspecified atom stereocenters. The average Bonchev–Trinajstić information content (AvgIpc) is 2.50. The normalized spacial score (nSPS) is 24.9. The summed E-state index contributed by atoms with van der Waals surface area (Å²) in [5, 5.41) is 13.2. The first-order valence-electron chi connectivity index (χ1n) is 7.57. The van der Waals surface area contributed by atoms with Crippen molar-refractivity contribution in [3.8, 4) is 0 Å². The molecule has 7 heteroatoms. The van der Waals surface area contributed by atoms with Crippen LogP contribution in [-0.4, -0.2) is 54.1 Å². The Morgan fingerprint density at radius 2 is 1.71 bits per heavy atom. The molecule has 2 atom stereocenters. The molecule has 2 fully saturated rings. The van der Waals surface area contributed by atoms with Crippen molar-refractivity contribution in [1.29, 1.82) is 0 Å². The molecule has 0 aromatic carbocycles. The number of carbonyl (C=O) groups is 3. The third-order valence-corrected chi connectivity index (χ3v) is 4.42. The van der Waals surface area contributed by atoms with E-state index in [0.29, 0.717) is 5.92 Å². The lowest BCUT2D eigenvalue weighted by atomic mass is 9.75. The fourth-order valence-corrected chi connectivity index (χ4v) is 3.29. The van der Waals surface area contributed by atoms with E-state index in [0.717, 1.165) is 25.4 Å². The molecule has 21 heavy (non-hydrogen) atoms. The molecule has 2 rings (SSSR count). The predicted octanol–water partition coefficient (Wildman–Crippen LogP) is 0.409. The van der Waals surface area contributed by atoms with Gasteiger partial charge in [0.1, 0.15) is 6.54 Å². The van der Waals surface area contributed by atoms with E-state index in [-0.39, 0.29) is 12.6 Å². The second kappa shape index (κ2) is 7.28. The maximum absolute atomic E-state index is 12.0. The Morgan fingerprint density at radius 1 is 1.00 bits per heavy atom. The molecule has 0 aromatic rings. The lowest BCUT2D eigenvalue weighted by Crippen LogP contribution is -2.50. The van der Waals surface area contributed by atoms with Crippen molar-refractivity contribution < 1.29 is 19.5 Å². The van der Waals surface area contributed by atoms with Gasteiger partial charge in [-0.25, -0.2) is 4.79 Å². The van der Waals surface area contributed by atoms with Gasteiger partial charge in [0, 0.05) is 13.1 Å². The molecule has 0 radical (unpaired) electrons. The van der Waals surface area contributed by atoms with Gasteiger partial charge in [-0.2, -0.15) is 0 Å². The number of hydrogen-bond donors (Lipinski definition) is 3. The van der Waals surface area contributed by atoms with E-state index in [1.165, 1.54) is 25.7 Å². The zero-order valence-corrected chi connectivity index (χ0v) is 12.1. The highest BCUT2D eigenvalue weighted by molar-refractivity contribution is 5.86. The Morgan fingerprint density at radius 3 is 2.43 bits per heavy atom. The fraction of sp³-hybridized carbons (Fsp3) is 0.786. The second-order valence-electron chi connectivity index (χ2n) is 5.87. The quantitative estimate of drug-likeness (QED) is 0.700. The number of likely N-dealkylation sites (tertiary alicyclic amines) is 1. The van der Waals surface area contributed by atoms with Crippen molar-refractivity contribution in [3.63, 3.8) is 0 Å². The molecule has 0 aromatic heterocycles. The number of nitrogens with one attached hydrogen (secondary N) is 2. The summed E-state index contributed by atoms with van der Waals surface area (Å²) in [5.41, 5.74) is 0. The molecular formula is C14H23N3O4. The van der Waals surface area contributed by atoms with E-state index < -0.39 is 18.4 Å². The van der Waals surface area contributed by atoms with E-state index in [9.17, 15) is 14.4 Å². The number of rotatable bonds is 4. The van der Waals surface area contributed by atoms with Crippen LogP contribution in [0.5, 0.6) is 0 Å². The minimum absolute atomic E-state index is 0.184. The van der Waals surface area contributed by atoms with Crippen LogP contribution >= 0.6 is 0 Å². The van der Waals surface area contributed by atoms with Crippen molar-refractivity contribution in [2.45, 2.75) is 32.1 Å². The van der Waals surface area contributed by atoms with Crippen molar-refractivity contribution in [1.82, 2.24) is 15.5 Å². The molecule has 0 spiro atoms. The molecule has 7 nitrogen and oxygen atoms in total. The number of urea groups is 1. The molecule has 2 aliphatic rings. The van der Waals surface area contributed by atoms with Crippen LogP contribution in [0.1, 0.15) is 32.1 Å². The number of nitrogens with zero attached hydrogens (tertiary/aromatic N) is 1. The van der Waals surface area contributed by atoms with Gasteiger partial charge in [0.05, 0.1) is 6.54 Å². The van der Waals surface area contributed by atoms with Crippen LogP contribution in [0, 0.1) is 11.8 Å². The molecule has 3 amide bonds. The van der Waals surface area contributed by atoms with Crippen molar-refractivity contribution in [2.24, 2.45) is 11.8 Å². The van der Waals surface area contributed by atoms with E-state index in [2.05, 4.69) is 10.6 Å². The number of amides is 3. The van der Waals surface area contributed by atoms with E-state index >= 15 is 0 Å². The first-order chi connectivity index (χ1) is 10.1. The Hall–Kier alpha value is -1.79. The monoisotopic (exact) mass is 297 g/mol. The maximum Gasteiger partial charge on any atom is 0.322 e. The van der Waals surface area contributed by atoms with E-state index in [1.807, 2.05) is 0 Å². The number of carboxylic acids is 1. The SMILES string of the molecule is O=C(O)CNC(=O)CNC(=O)N1CCC2CCCCC2C1. The van der Waals surface area contributed by atoms with Crippen LogP contribution in [0.2, 0.25) is 0 Å². The van der Waals surface area contributed by atoms with Crippen LogP contribution in [0.3, 0.4) is 0 Å². The van der Waals surface area contributed by atoms with Crippen LogP contribution in [-0.2, 0) is 9.59 Å². The number of aliphatic carboxylic acids is 1. The minimum Gasteiger partial charge on any atom is -0.480 e. The highest BCUT2D eigenvalue weighted by Gasteiger charge is 2.32. The van der Waals surface area contributed by atoms with Crippen molar-refractivity contribution in [2.75, 3.05) is 26.2 Å². The summed E-state index contributed by atoms with van der Waals surface area (Å²) < 4.78 is 0. The van der Waals surface area contributed by atoms with Gasteiger partial charge in [0.2, 0.25) is 5.91 Å². The van der Waals surface area contributed by atoms with Crippen molar-refractivity contribution in [3.05, 3.63) is 0 Å². The maximum atomic E-state index is 12.0. The highest BCUT2D eigenvalue weighted by Crippen LogP contribution is 2.35. The first-order valence-corrected chi connectivity index (χ1v) is 7.57. The van der Waals surface area contributed by atoms with Gasteiger partial charge in [0.25, 0.3) is 0 Å². The third kappa shape index (κ3) is 4.61. The molecular weight excluding hydrogens is 274 g/mol. The highest BCUT2D eigenvalue weighted by atomic mass is 16.4. The molecule has 118 valence electrons. The summed E-state index contributed by atoms with van der Waals surface area (Å²) in [6.07, 6.45) is 6.06. The Bertz CT molecular complexity index is 413. The Balaban J connectivity index is 1.71. The number of hydrogen-bond acceptors (Lipinski definition) is 3. The summed E-state index contributed by atoms with van der Waals surface area (Å²) in [6, 6.07) is -0.232.